The lowest BCUT2D eigenvalue weighted by Crippen LogP contribution is -2.23. The summed E-state index contributed by atoms with van der Waals surface area (Å²) in [5, 5.41) is 2.94. The molecule has 9 heteroatoms. The molecule has 0 amide bonds. The van der Waals surface area contributed by atoms with Crippen LogP contribution >= 0.6 is 12.4 Å². The third-order valence-corrected chi connectivity index (χ3v) is 5.19. The number of hydrogen-bond acceptors (Lipinski definition) is 6. The first kappa shape index (κ1) is 19.5. The van der Waals surface area contributed by atoms with Gasteiger partial charge in [0.15, 0.2) is 0 Å². The highest BCUT2D eigenvalue weighted by molar-refractivity contribution is 7.89. The fourth-order valence-corrected chi connectivity index (χ4v) is 3.61. The minimum atomic E-state index is -3.86. The highest BCUT2D eigenvalue weighted by atomic mass is 35.5. The van der Waals surface area contributed by atoms with Crippen molar-refractivity contribution in [3.8, 4) is 0 Å². The maximum atomic E-state index is 12.3. The summed E-state index contributed by atoms with van der Waals surface area (Å²) in [7, 11) is -2.63. The molecule has 3 rings (SSSR count). The van der Waals surface area contributed by atoms with Gasteiger partial charge in [-0.1, -0.05) is 18.2 Å². The molecular formula is C16H19ClN2O5S. The molecular weight excluding hydrogens is 368 g/mol. The molecule has 0 fully saturated rings. The van der Waals surface area contributed by atoms with E-state index in [1.54, 1.807) is 0 Å². The standard InChI is InChI=1S/C16H18N2O5S.ClH/c1-10-14(16(19)22-2)6-15(23-10)24(20,21)18-7-11-3-4-12-8-17-9-13(12)5-11;/h3-6,17-18H,7-9H2,1-2H3;1H. The van der Waals surface area contributed by atoms with Crippen LogP contribution in [0.4, 0.5) is 0 Å². The predicted molar refractivity (Wildman–Crippen MR) is 93.0 cm³/mol. The van der Waals surface area contributed by atoms with Gasteiger partial charge in [0.2, 0.25) is 5.09 Å². The molecule has 0 bridgehead atoms. The number of ether oxygens (including phenoxy) is 1. The molecule has 0 saturated carbocycles. The second-order valence-electron chi connectivity index (χ2n) is 5.56. The second-order valence-corrected chi connectivity index (χ2v) is 7.26. The number of halogens is 1. The molecule has 25 heavy (non-hydrogen) atoms. The Morgan fingerprint density at radius 1 is 1.28 bits per heavy atom. The van der Waals surface area contributed by atoms with Gasteiger partial charge in [0.25, 0.3) is 10.0 Å². The quantitative estimate of drug-likeness (QED) is 0.761. The highest BCUT2D eigenvalue weighted by Crippen LogP contribution is 2.21. The van der Waals surface area contributed by atoms with Crippen LogP contribution in [-0.2, 0) is 34.4 Å². The molecule has 0 atom stereocenters. The molecule has 1 aromatic heterocycles. The van der Waals surface area contributed by atoms with E-state index in [1.165, 1.54) is 31.2 Å². The fourth-order valence-electron chi connectivity index (χ4n) is 2.61. The second kappa shape index (κ2) is 7.57. The Labute approximate surface area is 152 Å². The summed E-state index contributed by atoms with van der Waals surface area (Å²) in [5.41, 5.74) is 3.36. The van der Waals surface area contributed by atoms with Crippen molar-refractivity contribution in [2.45, 2.75) is 31.7 Å². The van der Waals surface area contributed by atoms with Crippen LogP contribution in [0.5, 0.6) is 0 Å². The minimum Gasteiger partial charge on any atom is -0.465 e. The first-order chi connectivity index (χ1) is 11.4. The molecule has 0 saturated heterocycles. The van der Waals surface area contributed by atoms with E-state index in [0.717, 1.165) is 18.7 Å². The number of benzene rings is 1. The Balaban J connectivity index is 0.00000225. The van der Waals surface area contributed by atoms with Crippen molar-refractivity contribution in [3.63, 3.8) is 0 Å². The monoisotopic (exact) mass is 386 g/mol. The van der Waals surface area contributed by atoms with E-state index in [4.69, 9.17) is 4.42 Å². The van der Waals surface area contributed by atoms with E-state index in [1.807, 2.05) is 18.2 Å². The van der Waals surface area contributed by atoms with E-state index >= 15 is 0 Å². The number of aryl methyl sites for hydroxylation is 1. The number of esters is 1. The third-order valence-electron chi connectivity index (χ3n) is 3.93. The molecule has 0 aliphatic carbocycles. The van der Waals surface area contributed by atoms with Crippen LogP contribution in [0.25, 0.3) is 0 Å². The highest BCUT2D eigenvalue weighted by Gasteiger charge is 2.24. The van der Waals surface area contributed by atoms with E-state index in [0.29, 0.717) is 0 Å². The fraction of sp³-hybridized carbons (Fsp3) is 0.312. The molecule has 136 valence electrons. The average molecular weight is 387 g/mol. The number of furan rings is 1. The van der Waals surface area contributed by atoms with Crippen LogP contribution in [-0.4, -0.2) is 21.5 Å². The number of carbonyl (C=O) groups is 1. The van der Waals surface area contributed by atoms with Gasteiger partial charge in [0.05, 0.1) is 7.11 Å². The average Bonchev–Trinajstić information content (AvgIpc) is 3.18. The number of fused-ring (bicyclic) bond motifs is 1. The molecule has 7 nitrogen and oxygen atoms in total. The van der Waals surface area contributed by atoms with Gasteiger partial charge in [-0.25, -0.2) is 17.9 Å². The van der Waals surface area contributed by atoms with Gasteiger partial charge in [0, 0.05) is 25.7 Å². The first-order valence-electron chi connectivity index (χ1n) is 7.40. The Bertz CT molecular complexity index is 892. The SMILES string of the molecule is COC(=O)c1cc(S(=O)(=O)NCc2ccc3c(c2)CNC3)oc1C.Cl. The largest absolute Gasteiger partial charge is 0.465 e. The van der Waals surface area contributed by atoms with E-state index in [-0.39, 0.29) is 35.4 Å². The van der Waals surface area contributed by atoms with E-state index in [9.17, 15) is 13.2 Å². The summed E-state index contributed by atoms with van der Waals surface area (Å²) >= 11 is 0. The van der Waals surface area contributed by atoms with Gasteiger partial charge in [-0.05, 0) is 23.6 Å². The predicted octanol–water partition coefficient (Wildman–Crippen LogP) is 1.88. The van der Waals surface area contributed by atoms with Crippen molar-refractivity contribution in [2.75, 3.05) is 7.11 Å². The lowest BCUT2D eigenvalue weighted by Gasteiger charge is -2.06. The van der Waals surface area contributed by atoms with Crippen LogP contribution in [0.2, 0.25) is 0 Å². The van der Waals surface area contributed by atoms with Crippen molar-refractivity contribution in [1.82, 2.24) is 10.0 Å². The van der Waals surface area contributed by atoms with Crippen molar-refractivity contribution in [3.05, 3.63) is 52.3 Å². The van der Waals surface area contributed by atoms with Crippen LogP contribution in [0.1, 0.15) is 32.8 Å². The summed E-state index contributed by atoms with van der Waals surface area (Å²) in [6.45, 7) is 3.28. The van der Waals surface area contributed by atoms with Gasteiger partial charge in [0.1, 0.15) is 11.3 Å². The summed E-state index contributed by atoms with van der Waals surface area (Å²) in [5.74, 6) is -0.436. The Morgan fingerprint density at radius 3 is 2.72 bits per heavy atom. The minimum absolute atomic E-state index is 0. The number of sulfonamides is 1. The molecule has 0 unspecified atom stereocenters. The zero-order valence-corrected chi connectivity index (χ0v) is 15.4. The van der Waals surface area contributed by atoms with E-state index < -0.39 is 16.0 Å². The van der Waals surface area contributed by atoms with E-state index in [2.05, 4.69) is 14.8 Å². The van der Waals surface area contributed by atoms with Gasteiger partial charge >= 0.3 is 5.97 Å². The van der Waals surface area contributed by atoms with Crippen molar-refractivity contribution < 1.29 is 22.4 Å². The molecule has 2 N–H and O–H groups in total. The topological polar surface area (TPSA) is 97.6 Å². The molecule has 2 aromatic rings. The number of rotatable bonds is 5. The Hall–Kier alpha value is -1.87. The number of carbonyl (C=O) groups excluding carboxylic acids is 1. The van der Waals surface area contributed by atoms with Gasteiger partial charge in [-0.15, -0.1) is 12.4 Å². The lowest BCUT2D eigenvalue weighted by molar-refractivity contribution is 0.0599. The van der Waals surface area contributed by atoms with Crippen molar-refractivity contribution in [1.29, 1.82) is 0 Å². The molecule has 0 spiro atoms. The Kier molecular flexibility index (Phi) is 5.89. The van der Waals surface area contributed by atoms with Crippen LogP contribution < -0.4 is 10.0 Å². The number of nitrogens with one attached hydrogen (secondary N) is 2. The molecule has 1 aliphatic heterocycles. The van der Waals surface area contributed by atoms with Gasteiger partial charge < -0.3 is 14.5 Å². The maximum absolute atomic E-state index is 12.3. The van der Waals surface area contributed by atoms with Crippen LogP contribution in [0.3, 0.4) is 0 Å². The Morgan fingerprint density at radius 2 is 2.00 bits per heavy atom. The number of hydrogen-bond donors (Lipinski definition) is 2. The zero-order valence-electron chi connectivity index (χ0n) is 13.8. The lowest BCUT2D eigenvalue weighted by atomic mass is 10.1. The maximum Gasteiger partial charge on any atom is 0.341 e. The molecule has 1 aromatic carbocycles. The summed E-state index contributed by atoms with van der Waals surface area (Å²) in [6.07, 6.45) is 0. The van der Waals surface area contributed by atoms with Crippen molar-refractivity contribution >= 4 is 28.4 Å². The zero-order chi connectivity index (χ0) is 17.3. The molecule has 0 radical (unpaired) electrons. The summed E-state index contributed by atoms with van der Waals surface area (Å²) < 4.78 is 37.0. The summed E-state index contributed by atoms with van der Waals surface area (Å²) in [6, 6.07) is 7.04. The van der Waals surface area contributed by atoms with Gasteiger partial charge in [-0.2, -0.15) is 0 Å². The van der Waals surface area contributed by atoms with Gasteiger partial charge in [-0.3, -0.25) is 0 Å². The molecule has 1 aliphatic rings. The summed E-state index contributed by atoms with van der Waals surface area (Å²) in [4.78, 5) is 11.6. The van der Waals surface area contributed by atoms with Crippen LogP contribution in [0, 0.1) is 6.92 Å². The van der Waals surface area contributed by atoms with Crippen LogP contribution in [0.15, 0.2) is 33.8 Å². The smallest absolute Gasteiger partial charge is 0.341 e. The normalized spacial score (nSPS) is 13.2. The first-order valence-corrected chi connectivity index (χ1v) is 8.89. The molecule has 2 heterocycles. The van der Waals surface area contributed by atoms with Crippen molar-refractivity contribution in [2.24, 2.45) is 0 Å². The third kappa shape index (κ3) is 4.04. The number of methoxy groups -OCH3 is 1.